The van der Waals surface area contributed by atoms with Gasteiger partial charge in [0.2, 0.25) is 0 Å². The molecule has 3 N–H and O–H groups in total. The van der Waals surface area contributed by atoms with Gasteiger partial charge in [0.05, 0.1) is 14.2 Å². The van der Waals surface area contributed by atoms with Crippen LogP contribution in [0.5, 0.6) is 11.5 Å². The van der Waals surface area contributed by atoms with Crippen molar-refractivity contribution in [2.75, 3.05) is 47.0 Å². The first-order valence-electron chi connectivity index (χ1n) is 14.7. The maximum absolute atomic E-state index is 10.4. The average molecular weight is 536 g/mol. The highest BCUT2D eigenvalue weighted by molar-refractivity contribution is 5.91. The second-order valence-corrected chi connectivity index (χ2v) is 11.1. The SMILES string of the molecule is CCc1c(-c2ccc(OC)c(OC)c2)[nH]c2ccc(C3CCN(C4CCN(C(O)CCCO)CC4)CC3)cc12. The molecule has 212 valence electrons. The van der Waals surface area contributed by atoms with Crippen molar-refractivity contribution >= 4 is 10.9 Å². The van der Waals surface area contributed by atoms with E-state index < -0.39 is 6.23 Å². The van der Waals surface area contributed by atoms with Gasteiger partial charge in [-0.15, -0.1) is 0 Å². The van der Waals surface area contributed by atoms with Gasteiger partial charge >= 0.3 is 0 Å². The van der Waals surface area contributed by atoms with Crippen LogP contribution in [0.4, 0.5) is 0 Å². The van der Waals surface area contributed by atoms with Crippen molar-refractivity contribution in [3.05, 3.63) is 47.5 Å². The molecule has 3 heterocycles. The second kappa shape index (κ2) is 12.7. The summed E-state index contributed by atoms with van der Waals surface area (Å²) in [5.74, 6) is 2.08. The van der Waals surface area contributed by atoms with Gasteiger partial charge in [0.1, 0.15) is 6.23 Å². The van der Waals surface area contributed by atoms with Gasteiger partial charge in [-0.1, -0.05) is 13.0 Å². The maximum atomic E-state index is 10.4. The molecule has 0 aliphatic carbocycles. The van der Waals surface area contributed by atoms with Crippen LogP contribution in [0.25, 0.3) is 22.2 Å². The predicted molar refractivity (Wildman–Crippen MR) is 157 cm³/mol. The van der Waals surface area contributed by atoms with E-state index in [1.807, 2.05) is 6.07 Å². The highest BCUT2D eigenvalue weighted by Crippen LogP contribution is 2.38. The Morgan fingerprint density at radius 1 is 0.949 bits per heavy atom. The van der Waals surface area contributed by atoms with E-state index in [-0.39, 0.29) is 6.61 Å². The zero-order valence-electron chi connectivity index (χ0n) is 23.8. The maximum Gasteiger partial charge on any atom is 0.161 e. The molecule has 0 spiro atoms. The Kier molecular flexibility index (Phi) is 9.13. The molecule has 2 saturated heterocycles. The summed E-state index contributed by atoms with van der Waals surface area (Å²) in [6, 6.07) is 13.8. The Balaban J connectivity index is 1.25. The first-order valence-corrected chi connectivity index (χ1v) is 14.7. The summed E-state index contributed by atoms with van der Waals surface area (Å²) in [7, 11) is 3.35. The Hall–Kier alpha value is -2.58. The van der Waals surface area contributed by atoms with Gasteiger partial charge in [-0.25, -0.2) is 0 Å². The molecule has 1 unspecified atom stereocenters. The van der Waals surface area contributed by atoms with Gasteiger partial charge in [0, 0.05) is 47.9 Å². The van der Waals surface area contributed by atoms with E-state index in [2.05, 4.69) is 52.0 Å². The molecule has 0 saturated carbocycles. The molecule has 7 nitrogen and oxygen atoms in total. The molecule has 5 rings (SSSR count). The lowest BCUT2D eigenvalue weighted by Crippen LogP contribution is -2.49. The number of likely N-dealkylation sites (tertiary alicyclic amines) is 2. The summed E-state index contributed by atoms with van der Waals surface area (Å²) in [5.41, 5.74) is 6.27. The predicted octanol–water partition coefficient (Wildman–Crippen LogP) is 5.15. The fourth-order valence-corrected chi connectivity index (χ4v) is 6.73. The minimum Gasteiger partial charge on any atom is -0.493 e. The summed E-state index contributed by atoms with van der Waals surface area (Å²) >= 11 is 0. The van der Waals surface area contributed by atoms with E-state index in [4.69, 9.17) is 14.6 Å². The summed E-state index contributed by atoms with van der Waals surface area (Å²) in [6.45, 7) is 6.57. The summed E-state index contributed by atoms with van der Waals surface area (Å²) in [6.07, 6.45) is 6.50. The van der Waals surface area contributed by atoms with Gasteiger partial charge in [0.25, 0.3) is 0 Å². The van der Waals surface area contributed by atoms with Crippen LogP contribution in [0.1, 0.15) is 62.5 Å². The number of nitrogens with one attached hydrogen (secondary N) is 1. The Bertz CT molecular complexity index is 1230. The first kappa shape index (κ1) is 28.0. The smallest absolute Gasteiger partial charge is 0.161 e. The molecule has 1 aromatic heterocycles. The van der Waals surface area contributed by atoms with Gasteiger partial charge in [-0.2, -0.15) is 0 Å². The number of hydrogen-bond acceptors (Lipinski definition) is 6. The number of hydrogen-bond donors (Lipinski definition) is 3. The van der Waals surface area contributed by atoms with Gasteiger partial charge < -0.3 is 29.6 Å². The van der Waals surface area contributed by atoms with Crippen LogP contribution in [-0.4, -0.2) is 84.3 Å². The van der Waals surface area contributed by atoms with Gasteiger partial charge in [0.15, 0.2) is 11.5 Å². The number of aliphatic hydroxyl groups is 2. The quantitative estimate of drug-likeness (QED) is 0.333. The molecule has 7 heteroatoms. The minimum atomic E-state index is -0.410. The van der Waals surface area contributed by atoms with Crippen molar-refractivity contribution in [3.63, 3.8) is 0 Å². The Labute approximate surface area is 232 Å². The van der Waals surface area contributed by atoms with E-state index in [1.54, 1.807) is 14.2 Å². The lowest BCUT2D eigenvalue weighted by molar-refractivity contribution is -0.0338. The molecule has 0 bridgehead atoms. The van der Waals surface area contributed by atoms with Gasteiger partial charge in [-0.05, 0) is 105 Å². The summed E-state index contributed by atoms with van der Waals surface area (Å²) < 4.78 is 11.0. The molecule has 2 aliphatic rings. The second-order valence-electron chi connectivity index (χ2n) is 11.1. The zero-order chi connectivity index (χ0) is 27.4. The lowest BCUT2D eigenvalue weighted by atomic mass is 9.87. The number of methoxy groups -OCH3 is 2. The van der Waals surface area contributed by atoms with E-state index in [0.29, 0.717) is 24.8 Å². The van der Waals surface area contributed by atoms with E-state index in [1.165, 1.54) is 34.9 Å². The molecule has 2 aliphatic heterocycles. The van der Waals surface area contributed by atoms with Crippen LogP contribution >= 0.6 is 0 Å². The van der Waals surface area contributed by atoms with Crippen molar-refractivity contribution in [2.45, 2.75) is 70.1 Å². The van der Waals surface area contributed by atoms with Crippen molar-refractivity contribution in [1.29, 1.82) is 0 Å². The fraction of sp³-hybridized carbons (Fsp3) is 0.562. The Morgan fingerprint density at radius 2 is 1.69 bits per heavy atom. The summed E-state index contributed by atoms with van der Waals surface area (Å²) in [4.78, 5) is 8.56. The van der Waals surface area contributed by atoms with Crippen LogP contribution < -0.4 is 9.47 Å². The standard InChI is InChI=1S/C32H45N3O4/c1-4-26-27-20-23(7-9-28(27)33-32(26)24-8-10-29(38-2)30(21-24)39-3)22-11-15-34(16-12-22)25-13-17-35(18-14-25)31(37)6-5-19-36/h7-10,20-22,25,31,33,36-37H,4-6,11-19H2,1-3H3. The number of rotatable bonds is 10. The number of aliphatic hydroxyl groups excluding tert-OH is 2. The molecular formula is C32H45N3O4. The number of benzene rings is 2. The van der Waals surface area contributed by atoms with Crippen molar-refractivity contribution in [1.82, 2.24) is 14.8 Å². The Morgan fingerprint density at radius 3 is 2.36 bits per heavy atom. The van der Waals surface area contributed by atoms with Gasteiger partial charge in [-0.3, -0.25) is 4.90 Å². The normalized spacial score (nSPS) is 19.0. The van der Waals surface area contributed by atoms with Crippen molar-refractivity contribution in [2.24, 2.45) is 0 Å². The molecule has 1 atom stereocenters. The number of aromatic nitrogens is 1. The number of fused-ring (bicyclic) bond motifs is 1. The number of piperidine rings is 2. The van der Waals surface area contributed by atoms with Crippen molar-refractivity contribution < 1.29 is 19.7 Å². The van der Waals surface area contributed by atoms with E-state index in [9.17, 15) is 5.11 Å². The lowest BCUT2D eigenvalue weighted by Gasteiger charge is -2.43. The third-order valence-electron chi connectivity index (χ3n) is 9.01. The molecule has 39 heavy (non-hydrogen) atoms. The van der Waals surface area contributed by atoms with E-state index >= 15 is 0 Å². The van der Waals surface area contributed by atoms with Crippen LogP contribution in [0.3, 0.4) is 0 Å². The van der Waals surface area contributed by atoms with Crippen LogP contribution in [0, 0.1) is 0 Å². The average Bonchev–Trinajstić information content (AvgIpc) is 3.37. The third-order valence-corrected chi connectivity index (χ3v) is 9.01. The largest absolute Gasteiger partial charge is 0.493 e. The highest BCUT2D eigenvalue weighted by atomic mass is 16.5. The molecule has 2 aromatic carbocycles. The third kappa shape index (κ3) is 5.97. The van der Waals surface area contributed by atoms with E-state index in [0.717, 1.165) is 68.2 Å². The highest BCUT2D eigenvalue weighted by Gasteiger charge is 2.30. The number of ether oxygens (including phenoxy) is 2. The molecule has 0 amide bonds. The first-order chi connectivity index (χ1) is 19.1. The molecule has 2 fully saturated rings. The number of H-pyrrole nitrogens is 1. The number of aromatic amines is 1. The van der Waals surface area contributed by atoms with Crippen LogP contribution in [0.2, 0.25) is 0 Å². The van der Waals surface area contributed by atoms with Crippen LogP contribution in [0.15, 0.2) is 36.4 Å². The zero-order valence-corrected chi connectivity index (χ0v) is 23.8. The summed E-state index contributed by atoms with van der Waals surface area (Å²) in [5, 5.41) is 20.7. The molecular weight excluding hydrogens is 490 g/mol. The monoisotopic (exact) mass is 535 g/mol. The molecule has 0 radical (unpaired) electrons. The number of aryl methyl sites for hydroxylation is 1. The number of nitrogens with zero attached hydrogens (tertiary/aromatic N) is 2. The topological polar surface area (TPSA) is 81.2 Å². The fourth-order valence-electron chi connectivity index (χ4n) is 6.73. The minimum absolute atomic E-state index is 0.151. The molecule has 3 aromatic rings. The van der Waals surface area contributed by atoms with Crippen molar-refractivity contribution in [3.8, 4) is 22.8 Å². The van der Waals surface area contributed by atoms with Crippen LogP contribution in [-0.2, 0) is 6.42 Å².